The zero-order valence-corrected chi connectivity index (χ0v) is 17.3. The monoisotopic (exact) mass is 424 g/mol. The second kappa shape index (κ2) is 9.18. The molecule has 2 aromatic carbocycles. The predicted molar refractivity (Wildman–Crippen MR) is 113 cm³/mol. The number of nitrogens with zero attached hydrogens (tertiary/aromatic N) is 2. The van der Waals surface area contributed by atoms with Crippen LogP contribution in [0.4, 0.5) is 5.69 Å². The third-order valence-electron chi connectivity index (χ3n) is 5.24. The van der Waals surface area contributed by atoms with E-state index in [1.165, 1.54) is 4.90 Å². The number of ketones is 1. The van der Waals surface area contributed by atoms with Crippen molar-refractivity contribution in [1.82, 2.24) is 4.90 Å². The first-order chi connectivity index (χ1) is 15.0. The quantitative estimate of drug-likeness (QED) is 0.658. The Balaban J connectivity index is 1.49. The molecule has 0 radical (unpaired) electrons. The van der Waals surface area contributed by atoms with Gasteiger partial charge in [0.25, 0.3) is 5.91 Å². The van der Waals surface area contributed by atoms with Crippen molar-refractivity contribution >= 4 is 23.3 Å². The zero-order valence-electron chi connectivity index (χ0n) is 17.3. The number of fused-ring (bicyclic) bond motifs is 1. The molecule has 162 valence electrons. The summed E-state index contributed by atoms with van der Waals surface area (Å²) in [5.41, 5.74) is 1.84. The molecule has 0 aromatic heterocycles. The lowest BCUT2D eigenvalue weighted by Gasteiger charge is -2.32. The fourth-order valence-electron chi connectivity index (χ4n) is 3.53. The summed E-state index contributed by atoms with van der Waals surface area (Å²) in [6, 6.07) is 12.3. The van der Waals surface area contributed by atoms with Crippen LogP contribution < -0.4 is 14.4 Å². The number of ether oxygens (including phenoxy) is 3. The van der Waals surface area contributed by atoms with E-state index in [1.807, 2.05) is 25.1 Å². The molecule has 2 heterocycles. The van der Waals surface area contributed by atoms with Gasteiger partial charge in [-0.15, -0.1) is 0 Å². The van der Waals surface area contributed by atoms with Gasteiger partial charge in [-0.2, -0.15) is 0 Å². The van der Waals surface area contributed by atoms with Crippen LogP contribution in [0.25, 0.3) is 0 Å². The summed E-state index contributed by atoms with van der Waals surface area (Å²) in [6.45, 7) is 3.53. The molecule has 0 spiro atoms. The average molecular weight is 424 g/mol. The topological polar surface area (TPSA) is 85.4 Å². The highest BCUT2D eigenvalue weighted by molar-refractivity contribution is 6.04. The molecule has 2 aliphatic rings. The van der Waals surface area contributed by atoms with Gasteiger partial charge >= 0.3 is 0 Å². The van der Waals surface area contributed by atoms with E-state index >= 15 is 0 Å². The molecule has 0 aliphatic carbocycles. The maximum atomic E-state index is 12.7. The van der Waals surface area contributed by atoms with Crippen molar-refractivity contribution in [3.63, 3.8) is 0 Å². The van der Waals surface area contributed by atoms with E-state index in [0.717, 1.165) is 5.56 Å². The normalized spacial score (nSPS) is 15.8. The molecule has 4 rings (SSSR count). The first-order valence-corrected chi connectivity index (χ1v) is 10.2. The molecular weight excluding hydrogens is 400 g/mol. The van der Waals surface area contributed by atoms with E-state index < -0.39 is 0 Å². The van der Waals surface area contributed by atoms with Crippen molar-refractivity contribution in [1.29, 1.82) is 0 Å². The molecule has 2 aromatic rings. The van der Waals surface area contributed by atoms with Crippen LogP contribution in [0.3, 0.4) is 0 Å². The first kappa shape index (κ1) is 20.9. The Bertz CT molecular complexity index is 999. The number of carbonyl (C=O) groups is 3. The van der Waals surface area contributed by atoms with Gasteiger partial charge in [0.05, 0.1) is 18.9 Å². The molecule has 1 saturated heterocycles. The Kier molecular flexibility index (Phi) is 6.18. The summed E-state index contributed by atoms with van der Waals surface area (Å²) in [7, 11) is 0. The summed E-state index contributed by atoms with van der Waals surface area (Å²) in [4.78, 5) is 40.9. The minimum Gasteiger partial charge on any atom is -0.485 e. The van der Waals surface area contributed by atoms with Gasteiger partial charge in [-0.3, -0.25) is 19.3 Å². The lowest BCUT2D eigenvalue weighted by molar-refractivity contribution is -0.135. The second-order valence-corrected chi connectivity index (χ2v) is 7.47. The van der Waals surface area contributed by atoms with Crippen molar-refractivity contribution in [2.75, 3.05) is 51.0 Å². The Morgan fingerprint density at radius 3 is 2.68 bits per heavy atom. The molecule has 0 saturated carbocycles. The minimum atomic E-state index is -0.324. The van der Waals surface area contributed by atoms with Gasteiger partial charge in [0.2, 0.25) is 5.91 Å². The fourth-order valence-corrected chi connectivity index (χ4v) is 3.53. The lowest BCUT2D eigenvalue weighted by Crippen LogP contribution is -2.49. The average Bonchev–Trinajstić information content (AvgIpc) is 2.79. The molecule has 0 atom stereocenters. The number of carbonyl (C=O) groups excluding carboxylic acids is 3. The summed E-state index contributed by atoms with van der Waals surface area (Å²) in [6.07, 6.45) is 0. The smallest absolute Gasteiger partial charge is 0.265 e. The highest BCUT2D eigenvalue weighted by Gasteiger charge is 2.30. The van der Waals surface area contributed by atoms with Crippen molar-refractivity contribution in [3.05, 3.63) is 53.6 Å². The van der Waals surface area contributed by atoms with E-state index in [0.29, 0.717) is 49.1 Å². The van der Waals surface area contributed by atoms with E-state index in [-0.39, 0.29) is 37.4 Å². The highest BCUT2D eigenvalue weighted by atomic mass is 16.5. The molecule has 2 amide bonds. The number of rotatable bonds is 6. The van der Waals surface area contributed by atoms with Crippen LogP contribution in [0, 0.1) is 6.92 Å². The highest BCUT2D eigenvalue weighted by Crippen LogP contribution is 2.33. The van der Waals surface area contributed by atoms with Crippen LogP contribution in [0.1, 0.15) is 15.9 Å². The van der Waals surface area contributed by atoms with Crippen LogP contribution in [0.15, 0.2) is 42.5 Å². The molecule has 2 aliphatic heterocycles. The SMILES string of the molecule is Cc1cccc(OCC(=O)c2ccc3c(c2)N(CC(=O)N2CCOCC2)C(=O)CO3)c1. The summed E-state index contributed by atoms with van der Waals surface area (Å²) in [5.74, 6) is 0.355. The van der Waals surface area contributed by atoms with E-state index in [4.69, 9.17) is 14.2 Å². The molecule has 0 bridgehead atoms. The maximum Gasteiger partial charge on any atom is 0.265 e. The van der Waals surface area contributed by atoms with Gasteiger partial charge < -0.3 is 19.1 Å². The van der Waals surface area contributed by atoms with Gasteiger partial charge in [-0.1, -0.05) is 12.1 Å². The number of morpholine rings is 1. The van der Waals surface area contributed by atoms with E-state index in [9.17, 15) is 14.4 Å². The largest absolute Gasteiger partial charge is 0.485 e. The Morgan fingerprint density at radius 1 is 1.10 bits per heavy atom. The number of hydrogen-bond acceptors (Lipinski definition) is 6. The Hall–Kier alpha value is -3.39. The zero-order chi connectivity index (χ0) is 21.8. The van der Waals surface area contributed by atoms with Crippen molar-refractivity contribution in [3.8, 4) is 11.5 Å². The molecule has 31 heavy (non-hydrogen) atoms. The standard InChI is InChI=1S/C23H24N2O6/c1-16-3-2-4-18(11-16)30-14-20(26)17-5-6-21-19(12-17)25(23(28)15-31-21)13-22(27)24-7-9-29-10-8-24/h2-6,11-12H,7-10,13-15H2,1H3. The van der Waals surface area contributed by atoms with Crippen LogP contribution in [0.2, 0.25) is 0 Å². The third kappa shape index (κ3) is 4.86. The summed E-state index contributed by atoms with van der Waals surface area (Å²) in [5, 5.41) is 0. The van der Waals surface area contributed by atoms with Crippen molar-refractivity contribution in [2.24, 2.45) is 0 Å². The van der Waals surface area contributed by atoms with Crippen molar-refractivity contribution < 1.29 is 28.6 Å². The number of aryl methyl sites for hydroxylation is 1. The molecule has 8 heteroatoms. The molecule has 0 N–H and O–H groups in total. The second-order valence-electron chi connectivity index (χ2n) is 7.47. The van der Waals surface area contributed by atoms with Gasteiger partial charge in [0.1, 0.15) is 18.0 Å². The lowest BCUT2D eigenvalue weighted by atomic mass is 10.1. The van der Waals surface area contributed by atoms with Gasteiger partial charge in [0, 0.05) is 18.7 Å². The number of amides is 2. The van der Waals surface area contributed by atoms with E-state index in [2.05, 4.69) is 0 Å². The third-order valence-corrected chi connectivity index (χ3v) is 5.24. The molecular formula is C23H24N2O6. The first-order valence-electron chi connectivity index (χ1n) is 10.2. The molecule has 0 unspecified atom stereocenters. The summed E-state index contributed by atoms with van der Waals surface area (Å²) < 4.78 is 16.4. The maximum absolute atomic E-state index is 12.7. The van der Waals surface area contributed by atoms with Crippen LogP contribution in [0.5, 0.6) is 11.5 Å². The Morgan fingerprint density at radius 2 is 1.90 bits per heavy atom. The van der Waals surface area contributed by atoms with Crippen LogP contribution >= 0.6 is 0 Å². The van der Waals surface area contributed by atoms with Gasteiger partial charge in [-0.05, 0) is 42.8 Å². The molecule has 1 fully saturated rings. The van der Waals surface area contributed by atoms with Gasteiger partial charge in [-0.25, -0.2) is 0 Å². The number of Topliss-reactive ketones (excluding diaryl/α,β-unsaturated/α-hetero) is 1. The number of anilines is 1. The summed E-state index contributed by atoms with van der Waals surface area (Å²) >= 11 is 0. The fraction of sp³-hybridized carbons (Fsp3) is 0.348. The van der Waals surface area contributed by atoms with E-state index in [1.54, 1.807) is 29.2 Å². The van der Waals surface area contributed by atoms with Crippen LogP contribution in [-0.4, -0.2) is 68.6 Å². The Labute approximate surface area is 180 Å². The predicted octanol–water partition coefficient (Wildman–Crippen LogP) is 1.84. The van der Waals surface area contributed by atoms with Crippen molar-refractivity contribution in [2.45, 2.75) is 6.92 Å². The molecule has 8 nitrogen and oxygen atoms in total. The van der Waals surface area contributed by atoms with Gasteiger partial charge in [0.15, 0.2) is 19.0 Å². The number of benzene rings is 2. The minimum absolute atomic E-state index is 0.105. The van der Waals surface area contributed by atoms with Crippen LogP contribution in [-0.2, 0) is 14.3 Å². The number of hydrogen-bond donors (Lipinski definition) is 0.